The molecule has 0 atom stereocenters. The first kappa shape index (κ1) is 20.7. The van der Waals surface area contributed by atoms with Crippen LogP contribution in [0.25, 0.3) is 10.1 Å². The predicted octanol–water partition coefficient (Wildman–Crippen LogP) is 6.26. The Morgan fingerprint density at radius 3 is 2.40 bits per heavy atom. The number of nitrogens with one attached hydrogen (secondary N) is 2. The number of hydrogen-bond donors (Lipinski definition) is 2. The zero-order valence-corrected chi connectivity index (χ0v) is 18.4. The summed E-state index contributed by atoms with van der Waals surface area (Å²) in [5.74, 6) is -0.408. The molecule has 0 saturated carbocycles. The molecule has 0 bridgehead atoms. The van der Waals surface area contributed by atoms with Crippen molar-refractivity contribution in [3.05, 3.63) is 87.7 Å². The van der Waals surface area contributed by atoms with Gasteiger partial charge in [0.25, 0.3) is 15.9 Å². The second-order valence-electron chi connectivity index (χ2n) is 6.31. The van der Waals surface area contributed by atoms with E-state index >= 15 is 0 Å². The maximum atomic E-state index is 12.7. The standard InChI is InChI=1S/C21H14Cl2N2O3S2/c22-16-9-2-3-10-17(16)25-30(27,28)14-7-5-6-13(12-14)24-21(26)20-19(23)15-8-1-4-11-18(15)29-20/h1-12,25H,(H,24,26). The van der Waals surface area contributed by atoms with E-state index in [9.17, 15) is 13.2 Å². The van der Waals surface area contributed by atoms with Crippen LogP contribution in [0.5, 0.6) is 0 Å². The number of halogens is 2. The number of benzene rings is 3. The van der Waals surface area contributed by atoms with E-state index in [0.29, 0.717) is 15.6 Å². The van der Waals surface area contributed by atoms with Crippen molar-refractivity contribution >= 4 is 71.9 Å². The van der Waals surface area contributed by atoms with Crippen LogP contribution >= 0.6 is 34.5 Å². The molecule has 1 aromatic heterocycles. The van der Waals surface area contributed by atoms with Crippen molar-refractivity contribution in [2.24, 2.45) is 0 Å². The van der Waals surface area contributed by atoms with Gasteiger partial charge in [-0.15, -0.1) is 11.3 Å². The van der Waals surface area contributed by atoms with Crippen molar-refractivity contribution in [2.75, 3.05) is 10.0 Å². The molecule has 3 aromatic carbocycles. The number of carbonyl (C=O) groups is 1. The van der Waals surface area contributed by atoms with Crippen molar-refractivity contribution in [3.8, 4) is 0 Å². The minimum absolute atomic E-state index is 0.0114. The van der Waals surface area contributed by atoms with Crippen molar-refractivity contribution < 1.29 is 13.2 Å². The first-order chi connectivity index (χ1) is 14.3. The van der Waals surface area contributed by atoms with E-state index in [-0.39, 0.29) is 15.6 Å². The Morgan fingerprint density at radius 2 is 1.63 bits per heavy atom. The molecule has 1 amide bonds. The maximum absolute atomic E-state index is 12.7. The Hall–Kier alpha value is -2.58. The number of thiophene rings is 1. The number of amides is 1. The van der Waals surface area contributed by atoms with Gasteiger partial charge in [0, 0.05) is 15.8 Å². The van der Waals surface area contributed by atoms with Crippen LogP contribution in [-0.2, 0) is 10.0 Å². The third-order valence-corrected chi connectivity index (χ3v) is 7.63. The highest BCUT2D eigenvalue weighted by molar-refractivity contribution is 7.92. The summed E-state index contributed by atoms with van der Waals surface area (Å²) in [7, 11) is -3.90. The zero-order chi connectivity index (χ0) is 21.3. The number of anilines is 2. The van der Waals surface area contributed by atoms with E-state index in [4.69, 9.17) is 23.2 Å². The Kier molecular flexibility index (Phi) is 5.71. The van der Waals surface area contributed by atoms with Gasteiger partial charge < -0.3 is 5.32 Å². The summed E-state index contributed by atoms with van der Waals surface area (Å²) < 4.78 is 28.8. The third-order valence-electron chi connectivity index (χ3n) is 4.26. The SMILES string of the molecule is O=C(Nc1cccc(S(=O)(=O)Nc2ccccc2Cl)c1)c1sc2ccccc2c1Cl. The lowest BCUT2D eigenvalue weighted by atomic mass is 10.2. The van der Waals surface area contributed by atoms with Gasteiger partial charge in [-0.05, 0) is 36.4 Å². The molecule has 1 heterocycles. The summed E-state index contributed by atoms with van der Waals surface area (Å²) in [5.41, 5.74) is 0.598. The zero-order valence-electron chi connectivity index (χ0n) is 15.2. The molecule has 0 radical (unpaired) electrons. The first-order valence-electron chi connectivity index (χ1n) is 8.71. The molecule has 0 aliphatic rings. The molecule has 5 nitrogen and oxygen atoms in total. The largest absolute Gasteiger partial charge is 0.321 e. The van der Waals surface area contributed by atoms with Crippen LogP contribution in [0.3, 0.4) is 0 Å². The number of para-hydroxylation sites is 1. The van der Waals surface area contributed by atoms with Gasteiger partial charge in [-0.25, -0.2) is 8.42 Å². The van der Waals surface area contributed by atoms with E-state index in [1.54, 1.807) is 36.4 Å². The highest BCUT2D eigenvalue weighted by Crippen LogP contribution is 2.35. The fraction of sp³-hybridized carbons (Fsp3) is 0. The van der Waals surface area contributed by atoms with Crippen molar-refractivity contribution in [2.45, 2.75) is 4.90 Å². The molecule has 30 heavy (non-hydrogen) atoms. The number of fused-ring (bicyclic) bond motifs is 1. The number of sulfonamides is 1. The molecule has 0 saturated heterocycles. The van der Waals surface area contributed by atoms with Gasteiger partial charge >= 0.3 is 0 Å². The van der Waals surface area contributed by atoms with Gasteiger partial charge in [-0.1, -0.05) is 59.6 Å². The van der Waals surface area contributed by atoms with Crippen LogP contribution in [0, 0.1) is 0 Å². The Labute approximate surface area is 187 Å². The van der Waals surface area contributed by atoms with Crippen molar-refractivity contribution in [1.82, 2.24) is 0 Å². The smallest absolute Gasteiger partial charge is 0.267 e. The number of carbonyl (C=O) groups excluding carboxylic acids is 1. The fourth-order valence-electron chi connectivity index (χ4n) is 2.84. The topological polar surface area (TPSA) is 75.3 Å². The molecule has 9 heteroatoms. The second kappa shape index (κ2) is 8.28. The average Bonchev–Trinajstić information content (AvgIpc) is 3.07. The highest BCUT2D eigenvalue weighted by atomic mass is 35.5. The van der Waals surface area contributed by atoms with E-state index in [1.165, 1.54) is 23.5 Å². The van der Waals surface area contributed by atoms with Gasteiger partial charge in [0.2, 0.25) is 0 Å². The number of rotatable bonds is 5. The molecule has 0 spiro atoms. The molecule has 152 valence electrons. The lowest BCUT2D eigenvalue weighted by Gasteiger charge is -2.11. The monoisotopic (exact) mass is 476 g/mol. The van der Waals surface area contributed by atoms with Gasteiger partial charge in [0.05, 0.1) is 20.6 Å². The van der Waals surface area contributed by atoms with E-state index in [2.05, 4.69) is 10.0 Å². The summed E-state index contributed by atoms with van der Waals surface area (Å²) in [6, 6.07) is 19.9. The lowest BCUT2D eigenvalue weighted by molar-refractivity contribution is 0.103. The Bertz CT molecular complexity index is 1370. The Balaban J connectivity index is 1.59. The number of hydrogen-bond acceptors (Lipinski definition) is 4. The minimum Gasteiger partial charge on any atom is -0.321 e. The van der Waals surface area contributed by atoms with Crippen molar-refractivity contribution in [3.63, 3.8) is 0 Å². The van der Waals surface area contributed by atoms with Crippen LogP contribution in [0.15, 0.2) is 77.7 Å². The molecule has 0 unspecified atom stereocenters. The van der Waals surface area contributed by atoms with Gasteiger partial charge in [0.15, 0.2) is 0 Å². The van der Waals surface area contributed by atoms with Crippen LogP contribution in [0.4, 0.5) is 11.4 Å². The summed E-state index contributed by atoms with van der Waals surface area (Å²) in [6.07, 6.45) is 0. The van der Waals surface area contributed by atoms with Crippen LogP contribution in [0.1, 0.15) is 9.67 Å². The van der Waals surface area contributed by atoms with E-state index < -0.39 is 15.9 Å². The Morgan fingerprint density at radius 1 is 0.900 bits per heavy atom. The summed E-state index contributed by atoms with van der Waals surface area (Å²) in [4.78, 5) is 13.1. The molecule has 0 fully saturated rings. The molecule has 4 aromatic rings. The highest BCUT2D eigenvalue weighted by Gasteiger charge is 2.19. The van der Waals surface area contributed by atoms with Gasteiger partial charge in [-0.3, -0.25) is 9.52 Å². The molecule has 0 aliphatic carbocycles. The van der Waals surface area contributed by atoms with Gasteiger partial charge in [-0.2, -0.15) is 0 Å². The summed E-state index contributed by atoms with van der Waals surface area (Å²) in [5, 5.41) is 4.17. The van der Waals surface area contributed by atoms with Crippen LogP contribution in [-0.4, -0.2) is 14.3 Å². The van der Waals surface area contributed by atoms with Crippen LogP contribution < -0.4 is 10.0 Å². The quantitative estimate of drug-likeness (QED) is 0.356. The summed E-state index contributed by atoms with van der Waals surface area (Å²) >= 11 is 13.7. The molecular formula is C21H14Cl2N2O3S2. The lowest BCUT2D eigenvalue weighted by Crippen LogP contribution is -2.15. The fourth-order valence-corrected chi connectivity index (χ4v) is 5.61. The van der Waals surface area contributed by atoms with E-state index in [0.717, 1.165) is 10.1 Å². The first-order valence-corrected chi connectivity index (χ1v) is 11.8. The second-order valence-corrected chi connectivity index (χ2v) is 9.83. The predicted molar refractivity (Wildman–Crippen MR) is 123 cm³/mol. The average molecular weight is 477 g/mol. The van der Waals surface area contributed by atoms with Crippen LogP contribution in [0.2, 0.25) is 10.0 Å². The normalized spacial score (nSPS) is 11.4. The molecule has 4 rings (SSSR count). The minimum atomic E-state index is -3.90. The molecule has 2 N–H and O–H groups in total. The third kappa shape index (κ3) is 4.15. The summed E-state index contributed by atoms with van der Waals surface area (Å²) in [6.45, 7) is 0. The van der Waals surface area contributed by atoms with E-state index in [1.807, 2.05) is 24.3 Å². The maximum Gasteiger partial charge on any atom is 0.267 e. The molecular weight excluding hydrogens is 463 g/mol. The molecule has 0 aliphatic heterocycles. The van der Waals surface area contributed by atoms with Crippen molar-refractivity contribution in [1.29, 1.82) is 0 Å². The van der Waals surface area contributed by atoms with Gasteiger partial charge in [0.1, 0.15) is 4.88 Å².